The molecule has 0 unspecified atom stereocenters. The highest BCUT2D eigenvalue weighted by molar-refractivity contribution is 5.95. The van der Waals surface area contributed by atoms with E-state index in [0.29, 0.717) is 18.7 Å². The zero-order valence-electron chi connectivity index (χ0n) is 10.2. The largest absolute Gasteiger partial charge is 0.466 e. The van der Waals surface area contributed by atoms with Crippen molar-refractivity contribution in [1.82, 2.24) is 5.32 Å². The Morgan fingerprint density at radius 3 is 2.65 bits per heavy atom. The minimum atomic E-state index is -0.294. The van der Waals surface area contributed by atoms with Gasteiger partial charge in [0.05, 0.1) is 13.0 Å². The van der Waals surface area contributed by atoms with Crippen LogP contribution < -0.4 is 5.32 Å². The first-order valence-electron chi connectivity index (χ1n) is 5.64. The van der Waals surface area contributed by atoms with Crippen LogP contribution in [0.5, 0.6) is 0 Å². The number of esters is 1. The summed E-state index contributed by atoms with van der Waals surface area (Å²) >= 11 is 0. The lowest BCUT2D eigenvalue weighted by Gasteiger charge is -2.07. The number of ether oxygens (including phenoxy) is 1. The van der Waals surface area contributed by atoms with Crippen molar-refractivity contribution in [3.63, 3.8) is 0 Å². The fourth-order valence-electron chi connectivity index (χ4n) is 1.43. The Bertz CT molecular complexity index is 401. The molecule has 0 spiro atoms. The SMILES string of the molecule is CCOC(=O)CCNC(=O)c1ccccc1C. The molecule has 1 aromatic rings. The lowest BCUT2D eigenvalue weighted by Crippen LogP contribution is -2.27. The van der Waals surface area contributed by atoms with Crippen LogP contribution in [0.25, 0.3) is 0 Å². The van der Waals surface area contributed by atoms with Crippen molar-refractivity contribution >= 4 is 11.9 Å². The van der Waals surface area contributed by atoms with Crippen LogP contribution in [-0.4, -0.2) is 25.0 Å². The van der Waals surface area contributed by atoms with E-state index < -0.39 is 0 Å². The topological polar surface area (TPSA) is 55.4 Å². The molecule has 1 aromatic carbocycles. The molecule has 0 saturated heterocycles. The molecule has 4 heteroatoms. The van der Waals surface area contributed by atoms with E-state index in [4.69, 9.17) is 4.74 Å². The first-order valence-corrected chi connectivity index (χ1v) is 5.64. The van der Waals surface area contributed by atoms with Crippen LogP contribution in [0.2, 0.25) is 0 Å². The zero-order valence-corrected chi connectivity index (χ0v) is 10.2. The summed E-state index contributed by atoms with van der Waals surface area (Å²) in [5.41, 5.74) is 1.55. The van der Waals surface area contributed by atoms with Crippen molar-refractivity contribution in [2.45, 2.75) is 20.3 Å². The third-order valence-corrected chi connectivity index (χ3v) is 2.31. The minimum absolute atomic E-state index is 0.160. The average Bonchev–Trinajstić information content (AvgIpc) is 2.29. The molecule has 1 amide bonds. The van der Waals surface area contributed by atoms with Gasteiger partial charge in [-0.2, -0.15) is 0 Å². The van der Waals surface area contributed by atoms with Gasteiger partial charge in [-0.05, 0) is 25.5 Å². The van der Waals surface area contributed by atoms with Gasteiger partial charge in [0.25, 0.3) is 5.91 Å². The van der Waals surface area contributed by atoms with Crippen LogP contribution in [0.1, 0.15) is 29.3 Å². The van der Waals surface area contributed by atoms with Gasteiger partial charge in [-0.1, -0.05) is 18.2 Å². The van der Waals surface area contributed by atoms with Crippen LogP contribution in [0, 0.1) is 6.92 Å². The summed E-state index contributed by atoms with van der Waals surface area (Å²) in [7, 11) is 0. The Hall–Kier alpha value is -1.84. The Labute approximate surface area is 101 Å². The van der Waals surface area contributed by atoms with Crippen molar-refractivity contribution in [2.75, 3.05) is 13.2 Å². The summed E-state index contributed by atoms with van der Waals surface area (Å²) in [6.07, 6.45) is 0.200. The van der Waals surface area contributed by atoms with Gasteiger partial charge in [0.15, 0.2) is 0 Å². The van der Waals surface area contributed by atoms with Crippen molar-refractivity contribution in [3.8, 4) is 0 Å². The minimum Gasteiger partial charge on any atom is -0.466 e. The van der Waals surface area contributed by atoms with Gasteiger partial charge in [0.2, 0.25) is 0 Å². The molecule has 0 atom stereocenters. The number of hydrogen-bond donors (Lipinski definition) is 1. The number of rotatable bonds is 5. The van der Waals surface area contributed by atoms with Gasteiger partial charge in [-0.25, -0.2) is 0 Å². The van der Waals surface area contributed by atoms with E-state index in [9.17, 15) is 9.59 Å². The molecule has 0 aromatic heterocycles. The number of carbonyl (C=O) groups excluding carboxylic acids is 2. The second-order valence-electron chi connectivity index (χ2n) is 3.63. The van der Waals surface area contributed by atoms with Crippen molar-refractivity contribution < 1.29 is 14.3 Å². The fraction of sp³-hybridized carbons (Fsp3) is 0.385. The summed E-state index contributed by atoms with van der Waals surface area (Å²) in [4.78, 5) is 22.8. The molecule has 1 rings (SSSR count). The van der Waals surface area contributed by atoms with E-state index in [1.165, 1.54) is 0 Å². The molecule has 4 nitrogen and oxygen atoms in total. The van der Waals surface area contributed by atoms with Crippen molar-refractivity contribution in [1.29, 1.82) is 0 Å². The van der Waals surface area contributed by atoms with Gasteiger partial charge in [0.1, 0.15) is 0 Å². The Balaban J connectivity index is 2.41. The molecular weight excluding hydrogens is 218 g/mol. The van der Waals surface area contributed by atoms with Crippen molar-refractivity contribution in [2.24, 2.45) is 0 Å². The van der Waals surface area contributed by atoms with Gasteiger partial charge < -0.3 is 10.1 Å². The van der Waals surface area contributed by atoms with Gasteiger partial charge in [-0.15, -0.1) is 0 Å². The molecule has 92 valence electrons. The highest BCUT2D eigenvalue weighted by atomic mass is 16.5. The number of amides is 1. The molecular formula is C13H17NO3. The molecule has 1 N–H and O–H groups in total. The lowest BCUT2D eigenvalue weighted by molar-refractivity contribution is -0.142. The maximum absolute atomic E-state index is 11.7. The smallest absolute Gasteiger partial charge is 0.307 e. The maximum Gasteiger partial charge on any atom is 0.307 e. The van der Waals surface area contributed by atoms with Gasteiger partial charge in [-0.3, -0.25) is 9.59 Å². The summed E-state index contributed by atoms with van der Waals surface area (Å²) in [5.74, 6) is -0.454. The molecule has 0 radical (unpaired) electrons. The van der Waals surface area contributed by atoms with Crippen LogP contribution >= 0.6 is 0 Å². The number of hydrogen-bond acceptors (Lipinski definition) is 3. The molecule has 0 heterocycles. The molecule has 17 heavy (non-hydrogen) atoms. The van der Waals surface area contributed by atoms with E-state index in [-0.39, 0.29) is 18.3 Å². The standard InChI is InChI=1S/C13H17NO3/c1-3-17-12(15)8-9-14-13(16)11-7-5-4-6-10(11)2/h4-7H,3,8-9H2,1-2H3,(H,14,16). The van der Waals surface area contributed by atoms with Crippen LogP contribution in [0.3, 0.4) is 0 Å². The first kappa shape index (κ1) is 13.2. The number of nitrogens with one attached hydrogen (secondary N) is 1. The Morgan fingerprint density at radius 1 is 1.29 bits per heavy atom. The number of carbonyl (C=O) groups is 2. The molecule has 0 aliphatic carbocycles. The van der Waals surface area contributed by atoms with Crippen LogP contribution in [0.4, 0.5) is 0 Å². The zero-order chi connectivity index (χ0) is 12.7. The Morgan fingerprint density at radius 2 is 2.00 bits per heavy atom. The summed E-state index contributed by atoms with van der Waals surface area (Å²) in [5, 5.41) is 2.69. The summed E-state index contributed by atoms with van der Waals surface area (Å²) < 4.78 is 4.76. The quantitative estimate of drug-likeness (QED) is 0.790. The predicted octanol–water partition coefficient (Wildman–Crippen LogP) is 1.68. The van der Waals surface area contributed by atoms with Crippen LogP contribution in [0.15, 0.2) is 24.3 Å². The Kier molecular flexibility index (Phi) is 5.20. The van der Waals surface area contributed by atoms with E-state index in [1.54, 1.807) is 13.0 Å². The third-order valence-electron chi connectivity index (χ3n) is 2.31. The van der Waals surface area contributed by atoms with E-state index in [2.05, 4.69) is 5.32 Å². The lowest BCUT2D eigenvalue weighted by atomic mass is 10.1. The van der Waals surface area contributed by atoms with Gasteiger partial charge in [0, 0.05) is 12.1 Å². The van der Waals surface area contributed by atoms with Gasteiger partial charge >= 0.3 is 5.97 Å². The average molecular weight is 235 g/mol. The second-order valence-corrected chi connectivity index (χ2v) is 3.63. The molecule has 0 aliphatic rings. The number of benzene rings is 1. The molecule has 0 saturated carbocycles. The van der Waals surface area contributed by atoms with Crippen LogP contribution in [-0.2, 0) is 9.53 Å². The molecule has 0 bridgehead atoms. The maximum atomic E-state index is 11.7. The highest BCUT2D eigenvalue weighted by Crippen LogP contribution is 2.06. The van der Waals surface area contributed by atoms with E-state index in [0.717, 1.165) is 5.56 Å². The third kappa shape index (κ3) is 4.26. The van der Waals surface area contributed by atoms with Crippen molar-refractivity contribution in [3.05, 3.63) is 35.4 Å². The van der Waals surface area contributed by atoms with E-state index in [1.807, 2.05) is 25.1 Å². The van der Waals surface area contributed by atoms with E-state index >= 15 is 0 Å². The normalized spacial score (nSPS) is 9.76. The summed E-state index contributed by atoms with van der Waals surface area (Å²) in [6, 6.07) is 7.33. The fourth-order valence-corrected chi connectivity index (χ4v) is 1.43. The molecule has 0 aliphatic heterocycles. The highest BCUT2D eigenvalue weighted by Gasteiger charge is 2.08. The number of aryl methyl sites for hydroxylation is 1. The predicted molar refractivity (Wildman–Crippen MR) is 64.8 cm³/mol. The monoisotopic (exact) mass is 235 g/mol. The summed E-state index contributed by atoms with van der Waals surface area (Å²) in [6.45, 7) is 4.29. The molecule has 0 fully saturated rings. The first-order chi connectivity index (χ1) is 8.15. The second kappa shape index (κ2) is 6.68.